The summed E-state index contributed by atoms with van der Waals surface area (Å²) < 4.78 is 28.9. The molecule has 0 bridgehead atoms. The predicted molar refractivity (Wildman–Crippen MR) is 171 cm³/mol. The summed E-state index contributed by atoms with van der Waals surface area (Å²) in [6.07, 6.45) is 0.255. The van der Waals surface area contributed by atoms with Gasteiger partial charge in [-0.2, -0.15) is 0 Å². The van der Waals surface area contributed by atoms with E-state index in [1.54, 1.807) is 37.3 Å². The third-order valence-electron chi connectivity index (χ3n) is 6.48. The van der Waals surface area contributed by atoms with Gasteiger partial charge in [-0.3, -0.25) is 13.9 Å². The molecule has 2 amide bonds. The Bertz CT molecular complexity index is 1490. The van der Waals surface area contributed by atoms with Crippen LogP contribution < -0.4 is 9.62 Å². The Hall–Kier alpha value is -2.49. The number of aryl methyl sites for hydroxylation is 1. The van der Waals surface area contributed by atoms with Crippen LogP contribution in [0.5, 0.6) is 0 Å². The number of rotatable bonds is 12. The molecule has 0 aliphatic carbocycles. The second-order valence-electron chi connectivity index (χ2n) is 10.2. The van der Waals surface area contributed by atoms with E-state index >= 15 is 0 Å². The van der Waals surface area contributed by atoms with Gasteiger partial charge in [-0.25, -0.2) is 8.42 Å². The van der Waals surface area contributed by atoms with Crippen molar-refractivity contribution >= 4 is 73.9 Å². The van der Waals surface area contributed by atoms with E-state index in [0.717, 1.165) is 9.87 Å². The van der Waals surface area contributed by atoms with Gasteiger partial charge < -0.3 is 10.2 Å². The third-order valence-corrected chi connectivity index (χ3v) is 9.42. The van der Waals surface area contributed by atoms with E-state index < -0.39 is 28.5 Å². The van der Waals surface area contributed by atoms with Crippen LogP contribution >= 0.6 is 46.4 Å². The van der Waals surface area contributed by atoms with Gasteiger partial charge in [0, 0.05) is 38.7 Å². The normalized spacial score (nSPS) is 12.2. The Labute approximate surface area is 267 Å². The van der Waals surface area contributed by atoms with Crippen molar-refractivity contribution in [1.29, 1.82) is 0 Å². The molecule has 0 aliphatic rings. The Kier molecular flexibility index (Phi) is 12.0. The molecule has 7 nitrogen and oxygen atoms in total. The Balaban J connectivity index is 2.12. The summed E-state index contributed by atoms with van der Waals surface area (Å²) in [6.45, 7) is 7.14. The van der Waals surface area contributed by atoms with E-state index in [4.69, 9.17) is 46.4 Å². The molecular formula is C30H33Cl4N3O4S. The molecule has 0 aliphatic heterocycles. The first-order chi connectivity index (χ1) is 19.7. The van der Waals surface area contributed by atoms with Crippen molar-refractivity contribution < 1.29 is 18.0 Å². The van der Waals surface area contributed by atoms with Crippen molar-refractivity contribution in [3.63, 3.8) is 0 Å². The first kappa shape index (κ1) is 34.0. The molecule has 0 aromatic heterocycles. The number of nitrogens with one attached hydrogen (secondary N) is 1. The van der Waals surface area contributed by atoms with Crippen LogP contribution in [0.1, 0.15) is 38.3 Å². The van der Waals surface area contributed by atoms with Crippen molar-refractivity contribution in [2.75, 3.05) is 17.4 Å². The molecule has 3 rings (SSSR count). The lowest BCUT2D eigenvalue weighted by atomic mass is 10.1. The molecule has 0 fully saturated rings. The van der Waals surface area contributed by atoms with Gasteiger partial charge in [0.2, 0.25) is 11.8 Å². The average Bonchev–Trinajstić information content (AvgIpc) is 2.91. The molecule has 0 saturated carbocycles. The number of benzene rings is 3. The maximum atomic E-state index is 14.2. The molecule has 0 spiro atoms. The zero-order valence-electron chi connectivity index (χ0n) is 23.7. The highest BCUT2D eigenvalue weighted by molar-refractivity contribution is 7.92. The van der Waals surface area contributed by atoms with Crippen LogP contribution in [-0.4, -0.2) is 44.3 Å². The zero-order valence-corrected chi connectivity index (χ0v) is 27.5. The van der Waals surface area contributed by atoms with Crippen molar-refractivity contribution in [1.82, 2.24) is 10.2 Å². The summed E-state index contributed by atoms with van der Waals surface area (Å²) in [5.74, 6) is -0.845. The molecule has 3 aromatic rings. The molecule has 1 atom stereocenters. The SMILES string of the molecule is CC[C@H](C(=O)NCC(C)C)N(Cc1c(Cl)cccc1Cl)C(=O)CN(c1cc(Cl)cc(Cl)c1)S(=O)(=O)c1ccc(C)cc1. The Morgan fingerprint density at radius 1 is 0.905 bits per heavy atom. The number of sulfonamides is 1. The van der Waals surface area contributed by atoms with Gasteiger partial charge in [-0.15, -0.1) is 0 Å². The molecule has 0 unspecified atom stereocenters. The summed E-state index contributed by atoms with van der Waals surface area (Å²) in [5.41, 5.74) is 1.39. The minimum Gasteiger partial charge on any atom is -0.354 e. The van der Waals surface area contributed by atoms with Gasteiger partial charge in [0.15, 0.2) is 0 Å². The molecule has 0 saturated heterocycles. The van der Waals surface area contributed by atoms with E-state index in [9.17, 15) is 18.0 Å². The summed E-state index contributed by atoms with van der Waals surface area (Å²) in [5, 5.41) is 3.87. The average molecular weight is 673 g/mol. The van der Waals surface area contributed by atoms with Crippen molar-refractivity contribution in [3.8, 4) is 0 Å². The van der Waals surface area contributed by atoms with Crippen molar-refractivity contribution in [2.45, 2.75) is 51.6 Å². The molecule has 42 heavy (non-hydrogen) atoms. The van der Waals surface area contributed by atoms with Crippen LogP contribution in [0.3, 0.4) is 0 Å². The van der Waals surface area contributed by atoms with Gasteiger partial charge in [-0.1, -0.05) is 90.9 Å². The van der Waals surface area contributed by atoms with E-state index in [1.165, 1.54) is 35.2 Å². The number of hydrogen-bond donors (Lipinski definition) is 1. The van der Waals surface area contributed by atoms with E-state index in [2.05, 4.69) is 5.32 Å². The monoisotopic (exact) mass is 671 g/mol. The first-order valence-electron chi connectivity index (χ1n) is 13.3. The number of hydrogen-bond acceptors (Lipinski definition) is 4. The van der Waals surface area contributed by atoms with Crippen LogP contribution in [0.2, 0.25) is 20.1 Å². The fourth-order valence-corrected chi connectivity index (χ4v) is 6.67. The van der Waals surface area contributed by atoms with E-state index in [0.29, 0.717) is 22.2 Å². The predicted octanol–water partition coefficient (Wildman–Crippen LogP) is 7.38. The fraction of sp³-hybridized carbons (Fsp3) is 0.333. The second kappa shape index (κ2) is 14.8. The topological polar surface area (TPSA) is 86.8 Å². The maximum absolute atomic E-state index is 14.2. The van der Waals surface area contributed by atoms with Crippen LogP contribution in [0.25, 0.3) is 0 Å². The van der Waals surface area contributed by atoms with Gasteiger partial charge in [0.25, 0.3) is 10.0 Å². The Morgan fingerprint density at radius 2 is 1.48 bits per heavy atom. The highest BCUT2D eigenvalue weighted by atomic mass is 35.5. The quantitative estimate of drug-likeness (QED) is 0.218. The Morgan fingerprint density at radius 3 is 2.00 bits per heavy atom. The van der Waals surface area contributed by atoms with Crippen LogP contribution in [-0.2, 0) is 26.2 Å². The molecule has 226 valence electrons. The first-order valence-corrected chi connectivity index (χ1v) is 16.2. The minimum absolute atomic E-state index is 0.0283. The van der Waals surface area contributed by atoms with E-state index in [1.807, 2.05) is 20.8 Å². The summed E-state index contributed by atoms with van der Waals surface area (Å²) >= 11 is 25.4. The van der Waals surface area contributed by atoms with Gasteiger partial charge >= 0.3 is 0 Å². The lowest BCUT2D eigenvalue weighted by Gasteiger charge is -2.33. The number of halogens is 4. The molecule has 1 N–H and O–H groups in total. The standard InChI is InChI=1S/C30H33Cl4N3O4S/c1-5-28(30(39)35-16-19(2)3)36(17-25-26(33)7-6-8-27(25)34)29(38)18-37(23-14-21(31)13-22(32)15-23)42(40,41)24-11-9-20(4)10-12-24/h6-15,19,28H,5,16-18H2,1-4H3,(H,35,39)/t28-/m1/s1. The smallest absolute Gasteiger partial charge is 0.264 e. The van der Waals surface area contributed by atoms with Crippen LogP contribution in [0.15, 0.2) is 65.6 Å². The molecule has 12 heteroatoms. The van der Waals surface area contributed by atoms with Crippen molar-refractivity contribution in [2.24, 2.45) is 5.92 Å². The van der Waals surface area contributed by atoms with Crippen LogP contribution in [0.4, 0.5) is 5.69 Å². The van der Waals surface area contributed by atoms with E-state index in [-0.39, 0.29) is 45.4 Å². The lowest BCUT2D eigenvalue weighted by Crippen LogP contribution is -2.52. The highest BCUT2D eigenvalue weighted by Gasteiger charge is 2.34. The van der Waals surface area contributed by atoms with Gasteiger partial charge in [0.1, 0.15) is 12.6 Å². The molecule has 0 heterocycles. The number of carbonyl (C=O) groups is 2. The molecular weight excluding hydrogens is 640 g/mol. The summed E-state index contributed by atoms with van der Waals surface area (Å²) in [7, 11) is -4.28. The van der Waals surface area contributed by atoms with Crippen molar-refractivity contribution in [3.05, 3.63) is 91.9 Å². The fourth-order valence-electron chi connectivity index (χ4n) is 4.25. The second-order valence-corrected chi connectivity index (χ2v) is 13.8. The highest BCUT2D eigenvalue weighted by Crippen LogP contribution is 2.31. The minimum atomic E-state index is -4.28. The maximum Gasteiger partial charge on any atom is 0.264 e. The molecule has 3 aromatic carbocycles. The van der Waals surface area contributed by atoms with Gasteiger partial charge in [-0.05, 0) is 61.7 Å². The lowest BCUT2D eigenvalue weighted by molar-refractivity contribution is -0.140. The van der Waals surface area contributed by atoms with Crippen LogP contribution in [0, 0.1) is 12.8 Å². The zero-order chi connectivity index (χ0) is 31.2. The number of carbonyl (C=O) groups excluding carboxylic acids is 2. The molecule has 0 radical (unpaired) electrons. The largest absolute Gasteiger partial charge is 0.354 e. The number of amides is 2. The third kappa shape index (κ3) is 8.54. The number of nitrogens with zero attached hydrogens (tertiary/aromatic N) is 2. The van der Waals surface area contributed by atoms with Gasteiger partial charge in [0.05, 0.1) is 10.6 Å². The summed E-state index contributed by atoms with van der Waals surface area (Å²) in [6, 6.07) is 14.5. The summed E-state index contributed by atoms with van der Waals surface area (Å²) in [4.78, 5) is 28.8. The number of anilines is 1.